The lowest BCUT2D eigenvalue weighted by Gasteiger charge is -2.18. The van der Waals surface area contributed by atoms with E-state index in [0.29, 0.717) is 12.1 Å². The van der Waals surface area contributed by atoms with Crippen LogP contribution in [0.25, 0.3) is 0 Å². The number of nitrogens with one attached hydrogen (secondary N) is 2. The van der Waals surface area contributed by atoms with Crippen LogP contribution in [0.15, 0.2) is 0 Å². The zero-order valence-electron chi connectivity index (χ0n) is 12.1. The van der Waals surface area contributed by atoms with Gasteiger partial charge in [-0.25, -0.2) is 0 Å². The van der Waals surface area contributed by atoms with Gasteiger partial charge in [0.2, 0.25) is 0 Å². The van der Waals surface area contributed by atoms with Crippen molar-refractivity contribution in [3.63, 3.8) is 0 Å². The molecule has 0 aromatic carbocycles. The number of anilines is 1. The molecule has 0 saturated carbocycles. The van der Waals surface area contributed by atoms with Gasteiger partial charge in [-0.15, -0.1) is 0 Å². The Morgan fingerprint density at radius 3 is 2.72 bits per heavy atom. The molecule has 0 spiro atoms. The van der Waals surface area contributed by atoms with Gasteiger partial charge in [0.15, 0.2) is 0 Å². The number of nitrogens with zero attached hydrogens (tertiary/aromatic N) is 2. The second kappa shape index (κ2) is 5.74. The number of hydrogen-bond acceptors (Lipinski definition) is 3. The molecule has 18 heavy (non-hydrogen) atoms. The molecule has 1 aliphatic rings. The topological polar surface area (TPSA) is 41.9 Å². The number of aryl methyl sites for hydroxylation is 1. The number of hydrogen-bond donors (Lipinski definition) is 2. The molecule has 1 aliphatic heterocycles. The highest BCUT2D eigenvalue weighted by atomic mass is 15.3. The second-order valence-corrected chi connectivity index (χ2v) is 5.61. The van der Waals surface area contributed by atoms with Gasteiger partial charge in [-0.1, -0.05) is 0 Å². The lowest BCUT2D eigenvalue weighted by molar-refractivity contribution is 0.516. The van der Waals surface area contributed by atoms with E-state index in [1.165, 1.54) is 30.6 Å². The Kier molecular flexibility index (Phi) is 4.27. The van der Waals surface area contributed by atoms with Gasteiger partial charge >= 0.3 is 0 Å². The van der Waals surface area contributed by atoms with Crippen LogP contribution in [0.3, 0.4) is 0 Å². The molecular formula is C14H26N4. The molecule has 2 N–H and O–H groups in total. The summed E-state index contributed by atoms with van der Waals surface area (Å²) in [6.07, 6.45) is 3.71. The maximum Gasteiger partial charge on any atom is 0.0828 e. The Hall–Kier alpha value is -1.03. The van der Waals surface area contributed by atoms with Crippen LogP contribution in [0.5, 0.6) is 0 Å². The van der Waals surface area contributed by atoms with Gasteiger partial charge in [0.05, 0.1) is 17.1 Å². The molecule has 1 atom stereocenters. The zero-order chi connectivity index (χ0) is 13.1. The molecule has 0 amide bonds. The molecule has 1 aromatic rings. The summed E-state index contributed by atoms with van der Waals surface area (Å²) in [5.41, 5.74) is 3.63. The number of rotatable bonds is 3. The van der Waals surface area contributed by atoms with E-state index in [4.69, 9.17) is 0 Å². The van der Waals surface area contributed by atoms with E-state index in [0.717, 1.165) is 18.8 Å². The smallest absolute Gasteiger partial charge is 0.0828 e. The predicted molar refractivity (Wildman–Crippen MR) is 76.2 cm³/mol. The summed E-state index contributed by atoms with van der Waals surface area (Å²) in [7, 11) is 0. The summed E-state index contributed by atoms with van der Waals surface area (Å²) >= 11 is 0. The first-order valence-electron chi connectivity index (χ1n) is 7.12. The van der Waals surface area contributed by atoms with Gasteiger partial charge < -0.3 is 10.6 Å². The summed E-state index contributed by atoms with van der Waals surface area (Å²) in [6, 6.07) is 1.01. The maximum atomic E-state index is 4.64. The van der Waals surface area contributed by atoms with Gasteiger partial charge in [-0.2, -0.15) is 5.10 Å². The van der Waals surface area contributed by atoms with Crippen LogP contribution in [0.2, 0.25) is 0 Å². The van der Waals surface area contributed by atoms with Gasteiger partial charge in [0.25, 0.3) is 0 Å². The lowest BCUT2D eigenvalue weighted by Crippen LogP contribution is -2.22. The van der Waals surface area contributed by atoms with Crippen LogP contribution in [-0.2, 0) is 0 Å². The van der Waals surface area contributed by atoms with Crippen LogP contribution in [0.4, 0.5) is 5.69 Å². The van der Waals surface area contributed by atoms with E-state index in [2.05, 4.69) is 48.1 Å². The lowest BCUT2D eigenvalue weighted by atomic mass is 10.1. The van der Waals surface area contributed by atoms with Crippen LogP contribution < -0.4 is 10.6 Å². The molecule has 4 heteroatoms. The first kappa shape index (κ1) is 13.4. The molecule has 1 saturated heterocycles. The van der Waals surface area contributed by atoms with E-state index < -0.39 is 0 Å². The van der Waals surface area contributed by atoms with Crippen molar-refractivity contribution in [3.8, 4) is 0 Å². The summed E-state index contributed by atoms with van der Waals surface area (Å²) in [5.74, 6) is 0. The Morgan fingerprint density at radius 1 is 1.28 bits per heavy atom. The fourth-order valence-corrected chi connectivity index (χ4v) is 2.74. The first-order valence-corrected chi connectivity index (χ1v) is 7.12. The molecule has 0 aliphatic carbocycles. The minimum absolute atomic E-state index is 0.426. The average molecular weight is 250 g/mol. The summed E-state index contributed by atoms with van der Waals surface area (Å²) in [5, 5.41) is 11.8. The monoisotopic (exact) mass is 250 g/mol. The van der Waals surface area contributed by atoms with Gasteiger partial charge in [-0.05, 0) is 60.0 Å². The Labute approximate surface area is 110 Å². The Bertz CT molecular complexity index is 387. The first-order chi connectivity index (χ1) is 8.59. The fourth-order valence-electron chi connectivity index (χ4n) is 2.74. The molecule has 1 aromatic heterocycles. The number of aromatic nitrogens is 2. The molecule has 102 valence electrons. The largest absolute Gasteiger partial charge is 0.379 e. The normalized spacial score (nSPS) is 21.1. The molecule has 0 radical (unpaired) electrons. The highest BCUT2D eigenvalue weighted by molar-refractivity contribution is 5.52. The average Bonchev–Trinajstić information content (AvgIpc) is 2.55. The Balaban J connectivity index is 2.12. The summed E-state index contributed by atoms with van der Waals surface area (Å²) < 4.78 is 2.12. The van der Waals surface area contributed by atoms with Gasteiger partial charge in [0.1, 0.15) is 0 Å². The van der Waals surface area contributed by atoms with Gasteiger partial charge in [0, 0.05) is 12.1 Å². The van der Waals surface area contributed by atoms with Crippen LogP contribution in [0.1, 0.15) is 50.5 Å². The van der Waals surface area contributed by atoms with Crippen LogP contribution in [-0.4, -0.2) is 28.9 Å². The van der Waals surface area contributed by atoms with Crippen LogP contribution in [0, 0.1) is 13.8 Å². The maximum absolute atomic E-state index is 4.64. The minimum Gasteiger partial charge on any atom is -0.379 e. The highest BCUT2D eigenvalue weighted by Gasteiger charge is 2.17. The molecule has 1 fully saturated rings. The Morgan fingerprint density at radius 2 is 2.06 bits per heavy atom. The van der Waals surface area contributed by atoms with Crippen molar-refractivity contribution in [2.75, 3.05) is 18.4 Å². The molecule has 2 rings (SSSR count). The van der Waals surface area contributed by atoms with Crippen molar-refractivity contribution >= 4 is 5.69 Å². The van der Waals surface area contributed by atoms with Crippen LogP contribution >= 0.6 is 0 Å². The molecular weight excluding hydrogens is 224 g/mol. The summed E-state index contributed by atoms with van der Waals surface area (Å²) in [4.78, 5) is 0. The molecule has 2 heterocycles. The predicted octanol–water partition coefficient (Wildman–Crippen LogP) is 2.63. The summed E-state index contributed by atoms with van der Waals surface area (Å²) in [6.45, 7) is 10.9. The second-order valence-electron chi connectivity index (χ2n) is 5.61. The highest BCUT2D eigenvalue weighted by Crippen LogP contribution is 2.24. The van der Waals surface area contributed by atoms with Crippen molar-refractivity contribution in [3.05, 3.63) is 11.4 Å². The van der Waals surface area contributed by atoms with Crippen molar-refractivity contribution < 1.29 is 0 Å². The fraction of sp³-hybridized carbons (Fsp3) is 0.786. The van der Waals surface area contributed by atoms with E-state index in [1.807, 2.05) is 0 Å². The third-order valence-corrected chi connectivity index (χ3v) is 3.74. The van der Waals surface area contributed by atoms with Crippen molar-refractivity contribution in [2.24, 2.45) is 0 Å². The van der Waals surface area contributed by atoms with E-state index in [-0.39, 0.29) is 0 Å². The molecule has 0 bridgehead atoms. The quantitative estimate of drug-likeness (QED) is 0.866. The molecule has 1 unspecified atom stereocenters. The van der Waals surface area contributed by atoms with Crippen molar-refractivity contribution in [1.82, 2.24) is 15.1 Å². The standard InChI is InChI=1S/C14H26N4/c1-10(2)18-12(4)14(11(3)17-18)16-13-6-5-8-15-9-7-13/h10,13,15-16H,5-9H2,1-4H3. The van der Waals surface area contributed by atoms with Crippen molar-refractivity contribution in [1.29, 1.82) is 0 Å². The third-order valence-electron chi connectivity index (χ3n) is 3.74. The zero-order valence-corrected chi connectivity index (χ0v) is 12.1. The van der Waals surface area contributed by atoms with Gasteiger partial charge in [-0.3, -0.25) is 4.68 Å². The molecule has 4 nitrogen and oxygen atoms in total. The van der Waals surface area contributed by atoms with E-state index in [9.17, 15) is 0 Å². The third kappa shape index (κ3) is 2.86. The van der Waals surface area contributed by atoms with E-state index >= 15 is 0 Å². The minimum atomic E-state index is 0.426. The van der Waals surface area contributed by atoms with E-state index in [1.54, 1.807) is 0 Å². The van der Waals surface area contributed by atoms with Crippen molar-refractivity contribution in [2.45, 2.75) is 59.0 Å². The SMILES string of the molecule is Cc1nn(C(C)C)c(C)c1NC1CCCNCC1.